The zero-order chi connectivity index (χ0) is 7.82. The molecule has 0 rings (SSSR count). The van der Waals surface area contributed by atoms with Gasteiger partial charge in [-0.3, -0.25) is 0 Å². The third-order valence-corrected chi connectivity index (χ3v) is 1.27. The number of methoxy groups -OCH3 is 1. The molecule has 3 heteroatoms. The number of rotatable bonds is 6. The van der Waals surface area contributed by atoms with E-state index in [-0.39, 0.29) is 6.10 Å². The van der Waals surface area contributed by atoms with Crippen LogP contribution in [0.25, 0.3) is 0 Å². The van der Waals surface area contributed by atoms with E-state index >= 15 is 0 Å². The number of carbonyl (C=O) groups excluding carboxylic acids is 2. The summed E-state index contributed by atoms with van der Waals surface area (Å²) in [5.74, 6) is 0. The first kappa shape index (κ1) is 9.30. The van der Waals surface area contributed by atoms with Gasteiger partial charge in [-0.2, -0.15) is 0 Å². The normalized spacial score (nSPS) is 12.5. The van der Waals surface area contributed by atoms with Crippen LogP contribution in [-0.2, 0) is 14.3 Å². The third kappa shape index (κ3) is 4.21. The highest BCUT2D eigenvalue weighted by atomic mass is 16.5. The predicted octanol–water partition coefficient (Wildman–Crippen LogP) is 0.570. The predicted molar refractivity (Wildman–Crippen MR) is 36.8 cm³/mol. The molecule has 0 spiro atoms. The van der Waals surface area contributed by atoms with Crippen LogP contribution in [0.4, 0.5) is 0 Å². The summed E-state index contributed by atoms with van der Waals surface area (Å²) in [6, 6.07) is 0. The highest BCUT2D eigenvalue weighted by molar-refractivity contribution is 5.56. The van der Waals surface area contributed by atoms with Crippen LogP contribution < -0.4 is 0 Å². The topological polar surface area (TPSA) is 43.4 Å². The lowest BCUT2D eigenvalue weighted by Crippen LogP contribution is -2.11. The molecular formula is C7H12O3. The molecule has 0 bridgehead atoms. The summed E-state index contributed by atoms with van der Waals surface area (Å²) in [6.45, 7) is 0. The third-order valence-electron chi connectivity index (χ3n) is 1.27. The molecule has 10 heavy (non-hydrogen) atoms. The van der Waals surface area contributed by atoms with Gasteiger partial charge in [0.1, 0.15) is 18.7 Å². The van der Waals surface area contributed by atoms with Gasteiger partial charge in [0.25, 0.3) is 0 Å². The summed E-state index contributed by atoms with van der Waals surface area (Å²) in [7, 11) is 1.49. The van der Waals surface area contributed by atoms with E-state index in [2.05, 4.69) is 0 Å². The van der Waals surface area contributed by atoms with Gasteiger partial charge in [0.15, 0.2) is 0 Å². The lowest BCUT2D eigenvalue weighted by atomic mass is 10.2. The fourth-order valence-corrected chi connectivity index (χ4v) is 0.644. The molecule has 1 unspecified atom stereocenters. The average molecular weight is 144 g/mol. The number of unbranched alkanes of at least 4 members (excludes halogenated alkanes) is 1. The van der Waals surface area contributed by atoms with E-state index in [0.29, 0.717) is 12.8 Å². The number of hydrogen-bond acceptors (Lipinski definition) is 3. The van der Waals surface area contributed by atoms with Gasteiger partial charge in [0.05, 0.1) is 0 Å². The van der Waals surface area contributed by atoms with Gasteiger partial charge < -0.3 is 14.3 Å². The first-order valence-electron chi connectivity index (χ1n) is 3.27. The standard InChI is InChI=1S/C7H12O3/c1-10-7(6-9)4-2-3-5-8/h5-7H,2-4H2,1H3. The van der Waals surface area contributed by atoms with Crippen LogP contribution in [0.2, 0.25) is 0 Å². The maximum absolute atomic E-state index is 10.1. The van der Waals surface area contributed by atoms with Crippen LogP contribution in [-0.4, -0.2) is 25.8 Å². The minimum atomic E-state index is -0.333. The van der Waals surface area contributed by atoms with Crippen molar-refractivity contribution in [2.45, 2.75) is 25.4 Å². The fourth-order valence-electron chi connectivity index (χ4n) is 0.644. The van der Waals surface area contributed by atoms with Crippen LogP contribution in [0, 0.1) is 0 Å². The summed E-state index contributed by atoms with van der Waals surface area (Å²) >= 11 is 0. The van der Waals surface area contributed by atoms with Gasteiger partial charge in [-0.1, -0.05) is 0 Å². The number of carbonyl (C=O) groups is 2. The summed E-state index contributed by atoms with van der Waals surface area (Å²) in [6.07, 6.45) is 3.13. The van der Waals surface area contributed by atoms with Crippen molar-refractivity contribution < 1.29 is 14.3 Å². The zero-order valence-corrected chi connectivity index (χ0v) is 6.08. The molecular weight excluding hydrogens is 132 g/mol. The smallest absolute Gasteiger partial charge is 0.148 e. The number of hydrogen-bond donors (Lipinski definition) is 0. The Labute approximate surface area is 60.4 Å². The molecule has 0 saturated carbocycles. The van der Waals surface area contributed by atoms with Crippen molar-refractivity contribution in [1.82, 2.24) is 0 Å². The van der Waals surface area contributed by atoms with Gasteiger partial charge in [-0.05, 0) is 12.8 Å². The monoisotopic (exact) mass is 144 g/mol. The largest absolute Gasteiger partial charge is 0.374 e. The fraction of sp³-hybridized carbons (Fsp3) is 0.714. The van der Waals surface area contributed by atoms with Crippen molar-refractivity contribution in [3.63, 3.8) is 0 Å². The maximum Gasteiger partial charge on any atom is 0.148 e. The number of aldehydes is 2. The van der Waals surface area contributed by atoms with Crippen molar-refractivity contribution in [2.75, 3.05) is 7.11 Å². The molecule has 0 aliphatic rings. The van der Waals surface area contributed by atoms with E-state index in [1.807, 2.05) is 0 Å². The van der Waals surface area contributed by atoms with E-state index in [4.69, 9.17) is 4.74 Å². The van der Waals surface area contributed by atoms with Crippen molar-refractivity contribution in [1.29, 1.82) is 0 Å². The van der Waals surface area contributed by atoms with Crippen LogP contribution >= 0.6 is 0 Å². The first-order valence-corrected chi connectivity index (χ1v) is 3.27. The Morgan fingerprint density at radius 2 is 2.20 bits per heavy atom. The molecule has 0 N–H and O–H groups in total. The van der Waals surface area contributed by atoms with Gasteiger partial charge >= 0.3 is 0 Å². The molecule has 1 atom stereocenters. The van der Waals surface area contributed by atoms with Crippen LogP contribution in [0.1, 0.15) is 19.3 Å². The Bertz CT molecular complexity index is 101. The Balaban J connectivity index is 3.25. The molecule has 0 saturated heterocycles. The van der Waals surface area contributed by atoms with Gasteiger partial charge in [-0.15, -0.1) is 0 Å². The second kappa shape index (κ2) is 6.42. The van der Waals surface area contributed by atoms with E-state index in [0.717, 1.165) is 19.0 Å². The van der Waals surface area contributed by atoms with E-state index in [9.17, 15) is 9.59 Å². The van der Waals surface area contributed by atoms with Crippen LogP contribution in [0.3, 0.4) is 0 Å². The SMILES string of the molecule is COC(C=O)CCCC=O. The van der Waals surface area contributed by atoms with E-state index in [1.54, 1.807) is 0 Å². The Morgan fingerprint density at radius 3 is 2.60 bits per heavy atom. The molecule has 0 aromatic carbocycles. The molecule has 0 aliphatic carbocycles. The van der Waals surface area contributed by atoms with E-state index in [1.165, 1.54) is 7.11 Å². The average Bonchev–Trinajstić information content (AvgIpc) is 1.99. The van der Waals surface area contributed by atoms with Gasteiger partial charge in [0.2, 0.25) is 0 Å². The summed E-state index contributed by atoms with van der Waals surface area (Å²) in [5, 5.41) is 0. The van der Waals surface area contributed by atoms with Crippen molar-refractivity contribution >= 4 is 12.6 Å². The first-order chi connectivity index (χ1) is 4.85. The molecule has 3 nitrogen and oxygen atoms in total. The molecule has 0 aromatic rings. The lowest BCUT2D eigenvalue weighted by Gasteiger charge is -2.04. The van der Waals surface area contributed by atoms with Crippen molar-refractivity contribution in [3.05, 3.63) is 0 Å². The highest BCUT2D eigenvalue weighted by Crippen LogP contribution is 1.99. The van der Waals surface area contributed by atoms with Gasteiger partial charge in [-0.25, -0.2) is 0 Å². The van der Waals surface area contributed by atoms with Crippen molar-refractivity contribution in [3.8, 4) is 0 Å². The Morgan fingerprint density at radius 1 is 1.50 bits per heavy atom. The maximum atomic E-state index is 10.1. The lowest BCUT2D eigenvalue weighted by molar-refractivity contribution is -0.117. The molecule has 0 aliphatic heterocycles. The molecule has 0 radical (unpaired) electrons. The summed E-state index contributed by atoms with van der Waals surface area (Å²) < 4.78 is 4.76. The second-order valence-electron chi connectivity index (χ2n) is 2.01. The molecule has 58 valence electrons. The van der Waals surface area contributed by atoms with Gasteiger partial charge in [0, 0.05) is 13.5 Å². The minimum absolute atomic E-state index is 0.333. The van der Waals surface area contributed by atoms with Crippen LogP contribution in [0.5, 0.6) is 0 Å². The molecule has 0 fully saturated rings. The van der Waals surface area contributed by atoms with Crippen LogP contribution in [0.15, 0.2) is 0 Å². The second-order valence-corrected chi connectivity index (χ2v) is 2.01. The Kier molecular flexibility index (Phi) is 5.97. The highest BCUT2D eigenvalue weighted by Gasteiger charge is 2.02. The molecule has 0 heterocycles. The Hall–Kier alpha value is -0.700. The summed E-state index contributed by atoms with van der Waals surface area (Å²) in [5.41, 5.74) is 0. The quantitative estimate of drug-likeness (QED) is 0.404. The number of ether oxygens (including phenoxy) is 1. The summed E-state index contributed by atoms with van der Waals surface area (Å²) in [4.78, 5) is 20.0. The van der Waals surface area contributed by atoms with E-state index < -0.39 is 0 Å². The zero-order valence-electron chi connectivity index (χ0n) is 6.08. The molecule has 0 aromatic heterocycles. The van der Waals surface area contributed by atoms with Crippen molar-refractivity contribution in [2.24, 2.45) is 0 Å². The molecule has 0 amide bonds. The minimum Gasteiger partial charge on any atom is -0.374 e.